The predicted molar refractivity (Wildman–Crippen MR) is 132 cm³/mol. The fourth-order valence-electron chi connectivity index (χ4n) is 3.98. The van der Waals surface area contributed by atoms with Crippen LogP contribution in [0.1, 0.15) is 5.69 Å². The number of aromatic nitrogens is 4. The molecule has 0 aliphatic carbocycles. The largest absolute Gasteiger partial charge is 0.488 e. The summed E-state index contributed by atoms with van der Waals surface area (Å²) in [6, 6.07) is 13.8. The van der Waals surface area contributed by atoms with E-state index in [1.807, 2.05) is 25.1 Å². The van der Waals surface area contributed by atoms with E-state index in [2.05, 4.69) is 42.6 Å². The summed E-state index contributed by atoms with van der Waals surface area (Å²) < 4.78 is 38.7. The number of benzene rings is 2. The summed E-state index contributed by atoms with van der Waals surface area (Å²) in [5.74, 6) is 1.47. The molecule has 2 aromatic carbocycles. The highest BCUT2D eigenvalue weighted by Crippen LogP contribution is 2.31. The average molecular weight is 498 g/mol. The Morgan fingerprint density at radius 1 is 1.03 bits per heavy atom. The molecule has 12 heteroatoms. The first-order valence-electron chi connectivity index (χ1n) is 11.0. The first-order valence-corrected chi connectivity index (χ1v) is 12.3. The molecular formula is C23H24FN7O3S. The lowest BCUT2D eigenvalue weighted by molar-refractivity contribution is 0.313. The summed E-state index contributed by atoms with van der Waals surface area (Å²) in [7, 11) is -2.98. The zero-order valence-corrected chi connectivity index (χ0v) is 20.0. The van der Waals surface area contributed by atoms with Gasteiger partial charge < -0.3 is 19.3 Å². The van der Waals surface area contributed by atoms with Crippen LogP contribution in [0.4, 0.5) is 21.2 Å². The monoisotopic (exact) mass is 497 g/mol. The number of halogens is 1. The van der Waals surface area contributed by atoms with Gasteiger partial charge in [-0.25, -0.2) is 9.97 Å². The molecule has 0 bridgehead atoms. The second kappa shape index (κ2) is 9.12. The van der Waals surface area contributed by atoms with Gasteiger partial charge in [0.15, 0.2) is 11.6 Å². The molecule has 2 N–H and O–H groups in total. The predicted octanol–water partition coefficient (Wildman–Crippen LogP) is 3.42. The number of likely N-dealkylation sites (N-methyl/N-ethyl adjacent to an activating group) is 1. The van der Waals surface area contributed by atoms with Crippen LogP contribution in [0.3, 0.4) is 0 Å². The molecule has 182 valence electrons. The van der Waals surface area contributed by atoms with Crippen molar-refractivity contribution in [2.24, 2.45) is 0 Å². The van der Waals surface area contributed by atoms with Gasteiger partial charge in [0.05, 0.1) is 5.52 Å². The lowest BCUT2D eigenvalue weighted by Gasteiger charge is -2.34. The molecule has 2 aromatic heterocycles. The Labute approximate surface area is 202 Å². The summed E-state index contributed by atoms with van der Waals surface area (Å²) in [6.45, 7) is 5.74. The van der Waals surface area contributed by atoms with E-state index in [0.717, 1.165) is 48.5 Å². The first-order chi connectivity index (χ1) is 16.7. The third-order valence-corrected chi connectivity index (χ3v) is 6.20. The standard InChI is InChI=1S/C23H24FN7O3S/c1-15-13-21(29-28-15)26-23-19-8-5-17(31-11-9-30(2)10-12-31)14-20(19)25-22(27-23)16-3-6-18(7-4-16)34-35(24,32)33/h3-8,13-14H,9-12H2,1-2H3,(H2,25,26,27,28,29). The van der Waals surface area contributed by atoms with E-state index in [1.165, 1.54) is 12.1 Å². The summed E-state index contributed by atoms with van der Waals surface area (Å²) in [4.78, 5) is 14.1. The van der Waals surface area contributed by atoms with Crippen LogP contribution in [-0.4, -0.2) is 66.7 Å². The van der Waals surface area contributed by atoms with E-state index in [-0.39, 0.29) is 5.75 Å². The molecule has 0 unspecified atom stereocenters. The highest BCUT2D eigenvalue weighted by Gasteiger charge is 2.17. The van der Waals surface area contributed by atoms with Gasteiger partial charge in [0.25, 0.3) is 0 Å². The molecular weight excluding hydrogens is 473 g/mol. The Balaban J connectivity index is 1.55. The van der Waals surface area contributed by atoms with Gasteiger partial charge in [0, 0.05) is 54.6 Å². The summed E-state index contributed by atoms with van der Waals surface area (Å²) in [5, 5.41) is 11.2. The maximum atomic E-state index is 12.8. The van der Waals surface area contributed by atoms with Gasteiger partial charge in [-0.2, -0.15) is 13.5 Å². The van der Waals surface area contributed by atoms with Gasteiger partial charge in [-0.1, -0.05) is 3.89 Å². The van der Waals surface area contributed by atoms with Crippen LogP contribution in [-0.2, 0) is 10.5 Å². The van der Waals surface area contributed by atoms with E-state index < -0.39 is 10.5 Å². The molecule has 0 saturated carbocycles. The van der Waals surface area contributed by atoms with E-state index in [1.54, 1.807) is 12.1 Å². The molecule has 0 atom stereocenters. The van der Waals surface area contributed by atoms with Crippen LogP contribution < -0.4 is 14.4 Å². The van der Waals surface area contributed by atoms with Crippen molar-refractivity contribution in [1.29, 1.82) is 0 Å². The molecule has 5 rings (SSSR count). The average Bonchev–Trinajstić information content (AvgIpc) is 3.23. The molecule has 0 radical (unpaired) electrons. The van der Waals surface area contributed by atoms with Crippen LogP contribution in [0.25, 0.3) is 22.3 Å². The van der Waals surface area contributed by atoms with E-state index >= 15 is 0 Å². The summed E-state index contributed by atoms with van der Waals surface area (Å²) in [5.41, 5.74) is 3.34. The molecule has 10 nitrogen and oxygen atoms in total. The highest BCUT2D eigenvalue weighted by molar-refractivity contribution is 7.81. The normalized spacial score (nSPS) is 14.9. The number of rotatable bonds is 6. The van der Waals surface area contributed by atoms with Crippen LogP contribution in [0.15, 0.2) is 48.5 Å². The minimum Gasteiger partial charge on any atom is -0.369 e. The number of piperazine rings is 1. The van der Waals surface area contributed by atoms with Crippen molar-refractivity contribution in [1.82, 2.24) is 25.1 Å². The number of aryl methyl sites for hydroxylation is 1. The van der Waals surface area contributed by atoms with Gasteiger partial charge in [-0.05, 0) is 56.4 Å². The molecule has 3 heterocycles. The molecule has 1 saturated heterocycles. The Morgan fingerprint density at radius 2 is 1.77 bits per heavy atom. The number of aromatic amines is 1. The lowest BCUT2D eigenvalue weighted by atomic mass is 10.1. The molecule has 35 heavy (non-hydrogen) atoms. The maximum Gasteiger partial charge on any atom is 0.488 e. The van der Waals surface area contributed by atoms with Crippen LogP contribution >= 0.6 is 0 Å². The van der Waals surface area contributed by atoms with Gasteiger partial charge in [-0.15, -0.1) is 0 Å². The zero-order valence-electron chi connectivity index (χ0n) is 19.2. The van der Waals surface area contributed by atoms with Crippen LogP contribution in [0.2, 0.25) is 0 Å². The van der Waals surface area contributed by atoms with Crippen LogP contribution in [0, 0.1) is 6.92 Å². The van der Waals surface area contributed by atoms with Crippen molar-refractivity contribution >= 4 is 38.7 Å². The SMILES string of the molecule is Cc1cc(Nc2nc(-c3ccc(OS(=O)(=O)F)cc3)nc3cc(N4CCN(C)CC4)ccc23)n[nH]1. The third kappa shape index (κ3) is 5.33. The molecule has 4 aromatic rings. The van der Waals surface area contributed by atoms with Gasteiger partial charge in [-0.3, -0.25) is 5.10 Å². The topological polar surface area (TPSA) is 116 Å². The van der Waals surface area contributed by atoms with E-state index in [4.69, 9.17) is 9.97 Å². The second-order valence-corrected chi connectivity index (χ2v) is 9.40. The van der Waals surface area contributed by atoms with Crippen molar-refractivity contribution in [3.63, 3.8) is 0 Å². The summed E-state index contributed by atoms with van der Waals surface area (Å²) in [6.07, 6.45) is 0. The van der Waals surface area contributed by atoms with Gasteiger partial charge in [0.2, 0.25) is 0 Å². The number of H-pyrrole nitrogens is 1. The Kier molecular flexibility index (Phi) is 5.99. The van der Waals surface area contributed by atoms with Crippen molar-refractivity contribution in [2.75, 3.05) is 43.4 Å². The third-order valence-electron chi connectivity index (χ3n) is 5.81. The zero-order chi connectivity index (χ0) is 24.6. The van der Waals surface area contributed by atoms with Crippen LogP contribution in [0.5, 0.6) is 5.75 Å². The number of anilines is 3. The smallest absolute Gasteiger partial charge is 0.369 e. The number of fused-ring (bicyclic) bond motifs is 1. The van der Waals surface area contributed by atoms with Crippen molar-refractivity contribution in [2.45, 2.75) is 6.92 Å². The first kappa shape index (κ1) is 23.0. The van der Waals surface area contributed by atoms with Crippen molar-refractivity contribution < 1.29 is 16.5 Å². The minimum absolute atomic E-state index is 0.139. The molecule has 1 fully saturated rings. The Bertz CT molecular complexity index is 1470. The number of hydrogen-bond acceptors (Lipinski definition) is 9. The number of hydrogen-bond donors (Lipinski definition) is 2. The lowest BCUT2D eigenvalue weighted by Crippen LogP contribution is -2.44. The molecule has 1 aliphatic rings. The summed E-state index contributed by atoms with van der Waals surface area (Å²) >= 11 is 0. The fraction of sp³-hybridized carbons (Fsp3) is 0.261. The number of nitrogens with zero attached hydrogens (tertiary/aromatic N) is 5. The Hall–Kier alpha value is -3.77. The fourth-order valence-corrected chi connectivity index (χ4v) is 4.32. The van der Waals surface area contributed by atoms with E-state index in [9.17, 15) is 12.3 Å². The highest BCUT2D eigenvalue weighted by atomic mass is 32.3. The number of nitrogens with one attached hydrogen (secondary N) is 2. The van der Waals surface area contributed by atoms with Crippen molar-refractivity contribution in [3.05, 3.63) is 54.2 Å². The quantitative estimate of drug-likeness (QED) is 0.387. The van der Waals surface area contributed by atoms with Gasteiger partial charge >= 0.3 is 10.5 Å². The molecule has 1 aliphatic heterocycles. The van der Waals surface area contributed by atoms with E-state index in [0.29, 0.717) is 23.0 Å². The van der Waals surface area contributed by atoms with Gasteiger partial charge in [0.1, 0.15) is 11.6 Å². The minimum atomic E-state index is -5.10. The maximum absolute atomic E-state index is 12.8. The molecule has 0 amide bonds. The Morgan fingerprint density at radius 3 is 2.43 bits per heavy atom. The van der Waals surface area contributed by atoms with Crippen molar-refractivity contribution in [3.8, 4) is 17.1 Å². The second-order valence-electron chi connectivity index (χ2n) is 8.45. The molecule has 0 spiro atoms.